The van der Waals surface area contributed by atoms with Gasteiger partial charge in [0, 0.05) is 19.6 Å². The van der Waals surface area contributed by atoms with Crippen molar-refractivity contribution < 1.29 is 14.6 Å². The lowest BCUT2D eigenvalue weighted by molar-refractivity contribution is -0.137. The largest absolute Gasteiger partial charge is 0.481 e. The van der Waals surface area contributed by atoms with Crippen LogP contribution < -0.4 is 0 Å². The lowest BCUT2D eigenvalue weighted by atomic mass is 10.1. The first-order valence-corrected chi connectivity index (χ1v) is 10.6. The molecule has 0 aromatic heterocycles. The molecule has 0 bridgehead atoms. The molecule has 0 rings (SSSR count). The number of ether oxygens (including phenoxy) is 1. The van der Waals surface area contributed by atoms with Gasteiger partial charge in [0.15, 0.2) is 0 Å². The molecule has 0 aromatic rings. The van der Waals surface area contributed by atoms with Crippen LogP contribution in [-0.4, -0.2) is 24.3 Å². The fourth-order valence-electron chi connectivity index (χ4n) is 2.55. The van der Waals surface area contributed by atoms with E-state index in [1.807, 2.05) is 13.8 Å². The zero-order valence-corrected chi connectivity index (χ0v) is 17.2. The van der Waals surface area contributed by atoms with Gasteiger partial charge in [-0.05, 0) is 46.0 Å². The zero-order chi connectivity index (χ0) is 19.0. The highest BCUT2D eigenvalue weighted by Gasteiger charge is 1.95. The summed E-state index contributed by atoms with van der Waals surface area (Å²) >= 11 is 0. The molecular formula is C22H44O3. The van der Waals surface area contributed by atoms with E-state index >= 15 is 0 Å². The minimum absolute atomic E-state index is 0.332. The highest BCUT2D eigenvalue weighted by atomic mass is 16.5. The summed E-state index contributed by atoms with van der Waals surface area (Å²) in [5, 5.41) is 8.51. The Morgan fingerprint density at radius 2 is 1.16 bits per heavy atom. The van der Waals surface area contributed by atoms with Crippen LogP contribution in [0.5, 0.6) is 0 Å². The Kier molecular flexibility index (Phi) is 26.8. The molecule has 0 aliphatic carbocycles. The van der Waals surface area contributed by atoms with Gasteiger partial charge in [0.1, 0.15) is 0 Å². The number of aliphatic carboxylic acids is 1. The highest BCUT2D eigenvalue weighted by Crippen LogP contribution is 2.09. The Morgan fingerprint density at radius 3 is 1.56 bits per heavy atom. The van der Waals surface area contributed by atoms with Gasteiger partial charge >= 0.3 is 5.97 Å². The van der Waals surface area contributed by atoms with Crippen molar-refractivity contribution in [3.05, 3.63) is 12.2 Å². The van der Waals surface area contributed by atoms with E-state index in [9.17, 15) is 4.79 Å². The summed E-state index contributed by atoms with van der Waals surface area (Å²) < 4.78 is 4.83. The van der Waals surface area contributed by atoms with Gasteiger partial charge in [-0.15, -0.1) is 0 Å². The summed E-state index contributed by atoms with van der Waals surface area (Å²) in [6.45, 7) is 7.93. The molecule has 0 spiro atoms. The second kappa shape index (κ2) is 25.4. The fourth-order valence-corrected chi connectivity index (χ4v) is 2.55. The van der Waals surface area contributed by atoms with E-state index in [1.165, 1.54) is 70.6 Å². The number of carboxylic acid groups (broad SMARTS) is 1. The van der Waals surface area contributed by atoms with Gasteiger partial charge < -0.3 is 9.84 Å². The van der Waals surface area contributed by atoms with Crippen molar-refractivity contribution in [2.45, 2.75) is 111 Å². The number of hydrogen-bond donors (Lipinski definition) is 1. The van der Waals surface area contributed by atoms with E-state index in [-0.39, 0.29) is 0 Å². The average molecular weight is 357 g/mol. The van der Waals surface area contributed by atoms with E-state index in [2.05, 4.69) is 19.1 Å². The number of hydrogen-bond acceptors (Lipinski definition) is 2. The summed E-state index contributed by atoms with van der Waals surface area (Å²) in [5.74, 6) is -0.664. The lowest BCUT2D eigenvalue weighted by Crippen LogP contribution is -1.93. The molecule has 0 unspecified atom stereocenters. The molecule has 0 heterocycles. The van der Waals surface area contributed by atoms with E-state index in [4.69, 9.17) is 9.84 Å². The summed E-state index contributed by atoms with van der Waals surface area (Å²) in [5.41, 5.74) is 0. The van der Waals surface area contributed by atoms with Crippen LogP contribution in [0.15, 0.2) is 12.2 Å². The Labute approximate surface area is 157 Å². The van der Waals surface area contributed by atoms with Crippen molar-refractivity contribution in [3.63, 3.8) is 0 Å². The van der Waals surface area contributed by atoms with Crippen LogP contribution in [0, 0.1) is 0 Å². The molecule has 1 N–H and O–H groups in total. The van der Waals surface area contributed by atoms with Crippen molar-refractivity contribution >= 4 is 5.97 Å². The van der Waals surface area contributed by atoms with Crippen LogP contribution in [0.4, 0.5) is 0 Å². The first-order valence-electron chi connectivity index (χ1n) is 10.6. The van der Waals surface area contributed by atoms with Crippen LogP contribution in [0.25, 0.3) is 0 Å². The van der Waals surface area contributed by atoms with Crippen LogP contribution >= 0.6 is 0 Å². The van der Waals surface area contributed by atoms with Gasteiger partial charge in [-0.1, -0.05) is 70.4 Å². The maximum atomic E-state index is 10.3. The molecule has 150 valence electrons. The Balaban J connectivity index is 0. The van der Waals surface area contributed by atoms with Crippen LogP contribution in [-0.2, 0) is 9.53 Å². The van der Waals surface area contributed by atoms with E-state index < -0.39 is 5.97 Å². The second-order valence-corrected chi connectivity index (χ2v) is 6.51. The molecule has 0 saturated carbocycles. The van der Waals surface area contributed by atoms with Gasteiger partial charge in [0.25, 0.3) is 0 Å². The molecule has 0 atom stereocenters. The van der Waals surface area contributed by atoms with E-state index in [1.54, 1.807) is 0 Å². The predicted molar refractivity (Wildman–Crippen MR) is 109 cm³/mol. The van der Waals surface area contributed by atoms with Gasteiger partial charge in [0.2, 0.25) is 0 Å². The molecule has 3 nitrogen and oxygen atoms in total. The van der Waals surface area contributed by atoms with Crippen LogP contribution in [0.2, 0.25) is 0 Å². The standard InChI is InChI=1S/C18H34O2.C4H10O/c1-2-3-4-5-6-7-8-9-10-11-12-13-14-15-16-17-18(19)20;1-3-5-4-2/h9-10H,2-8,11-17H2,1H3,(H,19,20);3-4H2,1-2H3. The van der Waals surface area contributed by atoms with Crippen molar-refractivity contribution in [2.24, 2.45) is 0 Å². The maximum Gasteiger partial charge on any atom is 0.303 e. The van der Waals surface area contributed by atoms with Crippen LogP contribution in [0.3, 0.4) is 0 Å². The van der Waals surface area contributed by atoms with Crippen molar-refractivity contribution in [3.8, 4) is 0 Å². The molecule has 0 amide bonds. The van der Waals surface area contributed by atoms with Crippen molar-refractivity contribution in [1.29, 1.82) is 0 Å². The van der Waals surface area contributed by atoms with Gasteiger partial charge in [-0.2, -0.15) is 0 Å². The predicted octanol–water partition coefficient (Wildman–Crippen LogP) is 7.15. The number of allylic oxidation sites excluding steroid dienone is 2. The molecule has 0 aliphatic rings. The van der Waals surface area contributed by atoms with E-state index in [0.29, 0.717) is 6.42 Å². The number of rotatable bonds is 17. The summed E-state index contributed by atoms with van der Waals surface area (Å²) in [6, 6.07) is 0. The van der Waals surface area contributed by atoms with Crippen molar-refractivity contribution in [2.75, 3.05) is 13.2 Å². The number of carboxylic acids is 1. The Bertz CT molecular complexity index is 272. The highest BCUT2D eigenvalue weighted by molar-refractivity contribution is 5.66. The average Bonchev–Trinajstić information content (AvgIpc) is 2.59. The second-order valence-electron chi connectivity index (χ2n) is 6.51. The SMILES string of the molecule is CCCCCCCCC=CCCCCCCCC(=O)O.CCOCC. The Morgan fingerprint density at radius 1 is 0.720 bits per heavy atom. The third-order valence-corrected chi connectivity index (χ3v) is 4.06. The molecule has 0 radical (unpaired) electrons. The summed E-state index contributed by atoms with van der Waals surface area (Å²) in [7, 11) is 0. The molecule has 0 aromatic carbocycles. The van der Waals surface area contributed by atoms with Crippen molar-refractivity contribution in [1.82, 2.24) is 0 Å². The van der Waals surface area contributed by atoms with Crippen LogP contribution in [0.1, 0.15) is 111 Å². The third kappa shape index (κ3) is 31.5. The minimum atomic E-state index is -0.664. The molecule has 0 fully saturated rings. The lowest BCUT2D eigenvalue weighted by Gasteiger charge is -1.99. The van der Waals surface area contributed by atoms with Gasteiger partial charge in [-0.25, -0.2) is 0 Å². The number of carbonyl (C=O) groups is 1. The fraction of sp³-hybridized carbons (Fsp3) is 0.864. The molecular weight excluding hydrogens is 312 g/mol. The van der Waals surface area contributed by atoms with E-state index in [0.717, 1.165) is 26.1 Å². The molecule has 0 saturated heterocycles. The summed E-state index contributed by atoms with van der Waals surface area (Å²) in [4.78, 5) is 10.3. The van der Waals surface area contributed by atoms with Gasteiger partial charge in [0.05, 0.1) is 0 Å². The topological polar surface area (TPSA) is 46.5 Å². The quantitative estimate of drug-likeness (QED) is 0.222. The minimum Gasteiger partial charge on any atom is -0.481 e. The molecule has 3 heteroatoms. The monoisotopic (exact) mass is 356 g/mol. The first-order chi connectivity index (χ1) is 12.2. The Hall–Kier alpha value is -0.830. The normalized spacial score (nSPS) is 10.7. The third-order valence-electron chi connectivity index (χ3n) is 4.06. The number of unbranched alkanes of at least 4 members (excludes halogenated alkanes) is 11. The maximum absolute atomic E-state index is 10.3. The zero-order valence-electron chi connectivity index (χ0n) is 17.2. The molecule has 25 heavy (non-hydrogen) atoms. The molecule has 0 aliphatic heterocycles. The van der Waals surface area contributed by atoms with Gasteiger partial charge in [-0.3, -0.25) is 4.79 Å². The summed E-state index contributed by atoms with van der Waals surface area (Å²) in [6.07, 6.45) is 21.2. The first kappa shape index (κ1) is 26.4. The smallest absolute Gasteiger partial charge is 0.303 e.